The molecule has 0 unspecified atom stereocenters. The summed E-state index contributed by atoms with van der Waals surface area (Å²) in [6.45, 7) is 0. The van der Waals surface area contributed by atoms with Crippen molar-refractivity contribution in [2.45, 2.75) is 0 Å². The summed E-state index contributed by atoms with van der Waals surface area (Å²) in [4.78, 5) is 27.5. The molecule has 0 fully saturated rings. The minimum atomic E-state index is -2.46. The molecule has 0 bridgehead atoms. The Hall–Kier alpha value is -4.17. The molecule has 2 aromatic carbocycles. The van der Waals surface area contributed by atoms with Crippen LogP contribution >= 0.6 is 0 Å². The molecule has 15 heteroatoms. The van der Waals surface area contributed by atoms with Gasteiger partial charge in [0.1, 0.15) is 17.1 Å². The van der Waals surface area contributed by atoms with Gasteiger partial charge >= 0.3 is 0 Å². The third-order valence-corrected chi connectivity index (χ3v) is 4.15. The van der Waals surface area contributed by atoms with Gasteiger partial charge in [0.15, 0.2) is 46.5 Å². The zero-order valence-corrected chi connectivity index (χ0v) is 15.8. The number of carbonyl (C=O) groups is 2. The molecule has 0 radical (unpaired) electrons. The van der Waals surface area contributed by atoms with E-state index in [1.54, 1.807) is 0 Å². The van der Waals surface area contributed by atoms with Crippen LogP contribution in [0.1, 0.15) is 20.8 Å². The number of anilines is 2. The van der Waals surface area contributed by atoms with Crippen molar-refractivity contribution in [2.24, 2.45) is 0 Å². The van der Waals surface area contributed by atoms with E-state index in [1.807, 2.05) is 0 Å². The van der Waals surface area contributed by atoms with Crippen molar-refractivity contribution < 1.29 is 53.5 Å². The van der Waals surface area contributed by atoms with E-state index in [9.17, 15) is 53.5 Å². The number of pyridine rings is 1. The SMILES string of the molecule is O=C(Nc1c(F)c(F)c(F)c(F)c1F)c1ccc(C(=O)Nc2c(F)c(F)c(F)c(F)c2F)nc1. The molecule has 178 valence electrons. The summed E-state index contributed by atoms with van der Waals surface area (Å²) in [6, 6.07) is 1.43. The second kappa shape index (κ2) is 8.99. The maximum Gasteiger partial charge on any atom is 0.274 e. The third-order valence-electron chi connectivity index (χ3n) is 4.15. The summed E-state index contributed by atoms with van der Waals surface area (Å²) in [5, 5.41) is 2.84. The fraction of sp³-hybridized carbons (Fsp3) is 0. The molecular formula is C19H5F10N3O2. The van der Waals surface area contributed by atoms with E-state index in [4.69, 9.17) is 0 Å². The number of aromatic nitrogens is 1. The number of hydrogen-bond acceptors (Lipinski definition) is 3. The molecule has 1 aromatic heterocycles. The highest BCUT2D eigenvalue weighted by Gasteiger charge is 2.28. The van der Waals surface area contributed by atoms with Gasteiger partial charge in [-0.05, 0) is 12.1 Å². The summed E-state index contributed by atoms with van der Waals surface area (Å²) >= 11 is 0. The van der Waals surface area contributed by atoms with Crippen LogP contribution in [0.2, 0.25) is 0 Å². The fourth-order valence-corrected chi connectivity index (χ4v) is 2.46. The van der Waals surface area contributed by atoms with Crippen LogP contribution in [-0.4, -0.2) is 16.8 Å². The molecular weight excluding hydrogens is 492 g/mol. The minimum Gasteiger partial charge on any atom is -0.317 e. The second-order valence-electron chi connectivity index (χ2n) is 6.23. The van der Waals surface area contributed by atoms with Crippen molar-refractivity contribution in [2.75, 3.05) is 10.6 Å². The summed E-state index contributed by atoms with van der Waals surface area (Å²) in [5.74, 6) is -26.5. The van der Waals surface area contributed by atoms with E-state index in [-0.39, 0.29) is 0 Å². The lowest BCUT2D eigenvalue weighted by atomic mass is 10.2. The Balaban J connectivity index is 1.83. The van der Waals surface area contributed by atoms with Crippen LogP contribution in [0, 0.1) is 58.2 Å². The number of amides is 2. The summed E-state index contributed by atoms with van der Waals surface area (Å²) < 4.78 is 134. The van der Waals surface area contributed by atoms with Gasteiger partial charge in [-0.15, -0.1) is 0 Å². The molecule has 0 atom stereocenters. The van der Waals surface area contributed by atoms with E-state index < -0.39 is 92.6 Å². The third kappa shape index (κ3) is 4.11. The maximum atomic E-state index is 13.7. The van der Waals surface area contributed by atoms with E-state index in [0.29, 0.717) is 12.3 Å². The number of carbonyl (C=O) groups excluding carboxylic acids is 2. The molecule has 5 nitrogen and oxygen atoms in total. The molecule has 34 heavy (non-hydrogen) atoms. The van der Waals surface area contributed by atoms with Crippen LogP contribution in [0.25, 0.3) is 0 Å². The molecule has 0 saturated carbocycles. The molecule has 2 amide bonds. The Labute approximate surface area is 181 Å². The van der Waals surface area contributed by atoms with Crippen LogP contribution in [0.4, 0.5) is 55.3 Å². The average Bonchev–Trinajstić information content (AvgIpc) is 2.84. The lowest BCUT2D eigenvalue weighted by Gasteiger charge is -2.11. The molecule has 0 saturated heterocycles. The van der Waals surface area contributed by atoms with Crippen molar-refractivity contribution >= 4 is 23.2 Å². The van der Waals surface area contributed by atoms with Crippen LogP contribution in [0.3, 0.4) is 0 Å². The van der Waals surface area contributed by atoms with Crippen molar-refractivity contribution in [3.8, 4) is 0 Å². The number of rotatable bonds is 4. The summed E-state index contributed by atoms with van der Waals surface area (Å²) in [7, 11) is 0. The smallest absolute Gasteiger partial charge is 0.274 e. The topological polar surface area (TPSA) is 71.1 Å². The van der Waals surface area contributed by atoms with Crippen LogP contribution < -0.4 is 10.6 Å². The quantitative estimate of drug-likeness (QED) is 0.304. The lowest BCUT2D eigenvalue weighted by Crippen LogP contribution is -2.19. The number of nitrogens with zero attached hydrogens (tertiary/aromatic N) is 1. The lowest BCUT2D eigenvalue weighted by molar-refractivity contribution is 0.101. The van der Waals surface area contributed by atoms with E-state index >= 15 is 0 Å². The molecule has 3 rings (SSSR count). The van der Waals surface area contributed by atoms with Crippen molar-refractivity contribution in [1.82, 2.24) is 4.98 Å². The molecule has 1 heterocycles. The molecule has 0 spiro atoms. The van der Waals surface area contributed by atoms with E-state index in [0.717, 1.165) is 6.07 Å². The average molecular weight is 497 g/mol. The minimum absolute atomic E-state index is 0.550. The number of halogens is 10. The first-order valence-electron chi connectivity index (χ1n) is 8.48. The highest BCUT2D eigenvalue weighted by molar-refractivity contribution is 6.06. The van der Waals surface area contributed by atoms with Crippen LogP contribution in [0.15, 0.2) is 18.3 Å². The highest BCUT2D eigenvalue weighted by Crippen LogP contribution is 2.28. The first kappa shape index (κ1) is 24.5. The highest BCUT2D eigenvalue weighted by atomic mass is 19.2. The zero-order chi connectivity index (χ0) is 25.5. The Kier molecular flexibility index (Phi) is 6.47. The Bertz CT molecular complexity index is 1190. The Morgan fingerprint density at radius 2 is 0.882 bits per heavy atom. The van der Waals surface area contributed by atoms with Crippen molar-refractivity contribution in [3.63, 3.8) is 0 Å². The van der Waals surface area contributed by atoms with Crippen LogP contribution in [-0.2, 0) is 0 Å². The van der Waals surface area contributed by atoms with Crippen LogP contribution in [0.5, 0.6) is 0 Å². The number of benzene rings is 2. The van der Waals surface area contributed by atoms with Gasteiger partial charge < -0.3 is 10.6 Å². The molecule has 0 aliphatic rings. The molecule has 0 aliphatic heterocycles. The predicted molar refractivity (Wildman–Crippen MR) is 92.6 cm³/mol. The largest absolute Gasteiger partial charge is 0.317 e. The van der Waals surface area contributed by atoms with Gasteiger partial charge in [-0.3, -0.25) is 14.6 Å². The maximum absolute atomic E-state index is 13.7. The molecule has 2 N–H and O–H groups in total. The molecule has 0 aliphatic carbocycles. The van der Waals surface area contributed by atoms with Gasteiger partial charge in [-0.25, -0.2) is 43.9 Å². The monoisotopic (exact) mass is 497 g/mol. The fourth-order valence-electron chi connectivity index (χ4n) is 2.46. The standard InChI is InChI=1S/C19H5F10N3O2/c20-6-8(22)12(26)16(13(27)9(6)23)31-18(33)4-1-2-5(30-3-4)19(34)32-17-14(28)10(24)7(21)11(25)15(17)29/h1-3H,(H,31,33)(H,32,34). The summed E-state index contributed by atoms with van der Waals surface area (Å²) in [5.41, 5.74) is -4.67. The predicted octanol–water partition coefficient (Wildman–Crippen LogP) is 4.98. The second-order valence-corrected chi connectivity index (χ2v) is 6.23. The number of hydrogen-bond donors (Lipinski definition) is 2. The van der Waals surface area contributed by atoms with Gasteiger partial charge in [-0.1, -0.05) is 0 Å². The number of nitrogens with one attached hydrogen (secondary N) is 2. The van der Waals surface area contributed by atoms with E-state index in [2.05, 4.69) is 4.98 Å². The van der Waals surface area contributed by atoms with E-state index in [1.165, 1.54) is 10.6 Å². The zero-order valence-electron chi connectivity index (χ0n) is 15.8. The van der Waals surface area contributed by atoms with Crippen molar-refractivity contribution in [3.05, 3.63) is 87.8 Å². The summed E-state index contributed by atoms with van der Waals surface area (Å²) in [6.07, 6.45) is 0.550. The van der Waals surface area contributed by atoms with Crippen molar-refractivity contribution in [1.29, 1.82) is 0 Å². The first-order valence-corrected chi connectivity index (χ1v) is 8.48. The van der Waals surface area contributed by atoms with Gasteiger partial charge in [0.25, 0.3) is 11.8 Å². The Morgan fingerprint density at radius 1 is 0.529 bits per heavy atom. The normalized spacial score (nSPS) is 10.9. The van der Waals surface area contributed by atoms with Gasteiger partial charge in [0.2, 0.25) is 11.6 Å². The van der Waals surface area contributed by atoms with Gasteiger partial charge in [-0.2, -0.15) is 0 Å². The molecule has 3 aromatic rings. The van der Waals surface area contributed by atoms with Gasteiger partial charge in [0, 0.05) is 6.20 Å². The first-order chi connectivity index (χ1) is 15.9. The van der Waals surface area contributed by atoms with Gasteiger partial charge in [0.05, 0.1) is 5.56 Å². The Morgan fingerprint density at radius 3 is 1.24 bits per heavy atom.